The van der Waals surface area contributed by atoms with E-state index in [-0.39, 0.29) is 0 Å². The third-order valence-corrected chi connectivity index (χ3v) is 3.69. The first-order chi connectivity index (χ1) is 10.2. The van der Waals surface area contributed by atoms with Crippen LogP contribution in [0.3, 0.4) is 0 Å². The molecule has 21 heavy (non-hydrogen) atoms. The van der Waals surface area contributed by atoms with E-state index < -0.39 is 0 Å². The minimum absolute atomic E-state index is 0.453. The van der Waals surface area contributed by atoms with Gasteiger partial charge in [-0.05, 0) is 12.1 Å². The van der Waals surface area contributed by atoms with Crippen molar-refractivity contribution in [2.75, 3.05) is 19.1 Å². The third kappa shape index (κ3) is 2.53. The van der Waals surface area contributed by atoms with E-state index in [0.29, 0.717) is 47.6 Å². The molecule has 0 saturated carbocycles. The van der Waals surface area contributed by atoms with Gasteiger partial charge in [-0.15, -0.1) is 0 Å². The average molecular weight is 307 g/mol. The first-order valence-electron chi connectivity index (χ1n) is 6.51. The number of benzene rings is 1. The van der Waals surface area contributed by atoms with Crippen molar-refractivity contribution in [3.05, 3.63) is 34.5 Å². The van der Waals surface area contributed by atoms with E-state index in [2.05, 4.69) is 15.4 Å². The highest BCUT2D eigenvalue weighted by Crippen LogP contribution is 2.36. The van der Waals surface area contributed by atoms with Gasteiger partial charge in [-0.25, -0.2) is 15.8 Å². The molecule has 0 saturated heterocycles. The lowest BCUT2D eigenvalue weighted by atomic mass is 10.1. The number of aromatic nitrogens is 2. The lowest BCUT2D eigenvalue weighted by molar-refractivity contribution is 0.109. The zero-order valence-electron chi connectivity index (χ0n) is 11.5. The maximum absolute atomic E-state index is 6.29. The van der Waals surface area contributed by atoms with Crippen LogP contribution < -0.4 is 16.0 Å². The Hall–Kier alpha value is -1.89. The zero-order chi connectivity index (χ0) is 14.8. The molecule has 1 aliphatic rings. The molecule has 0 aliphatic carbocycles. The normalized spacial score (nSPS) is 13.7. The van der Waals surface area contributed by atoms with Gasteiger partial charge in [0.1, 0.15) is 11.6 Å². The molecule has 1 aromatic carbocycles. The van der Waals surface area contributed by atoms with E-state index in [1.807, 2.05) is 12.1 Å². The summed E-state index contributed by atoms with van der Waals surface area (Å²) in [6, 6.07) is 5.42. The molecule has 2 aromatic rings. The fourth-order valence-electron chi connectivity index (χ4n) is 2.35. The van der Waals surface area contributed by atoms with Gasteiger partial charge in [0.15, 0.2) is 5.82 Å². The summed E-state index contributed by atoms with van der Waals surface area (Å²) >= 11 is 6.29. The monoisotopic (exact) mass is 306 g/mol. The van der Waals surface area contributed by atoms with Crippen molar-refractivity contribution >= 4 is 17.4 Å². The predicted octanol–water partition coefficient (Wildman–Crippen LogP) is 2.16. The Balaban J connectivity index is 2.20. The highest BCUT2D eigenvalue weighted by atomic mass is 35.5. The van der Waals surface area contributed by atoms with Gasteiger partial charge < -0.3 is 14.9 Å². The molecule has 110 valence electrons. The summed E-state index contributed by atoms with van der Waals surface area (Å²) < 4.78 is 10.8. The molecular weight excluding hydrogens is 292 g/mol. The van der Waals surface area contributed by atoms with E-state index >= 15 is 0 Å². The molecule has 0 radical (unpaired) electrons. The van der Waals surface area contributed by atoms with Crippen molar-refractivity contribution in [2.24, 2.45) is 5.84 Å². The Morgan fingerprint density at radius 2 is 2.24 bits per heavy atom. The minimum atomic E-state index is 0.453. The maximum atomic E-state index is 6.29. The van der Waals surface area contributed by atoms with Crippen LogP contribution in [0.4, 0.5) is 5.82 Å². The van der Waals surface area contributed by atoms with Gasteiger partial charge >= 0.3 is 0 Å². The zero-order valence-corrected chi connectivity index (χ0v) is 12.3. The van der Waals surface area contributed by atoms with Gasteiger partial charge in [-0.2, -0.15) is 0 Å². The molecule has 0 spiro atoms. The Kier molecular flexibility index (Phi) is 3.92. The number of anilines is 1. The van der Waals surface area contributed by atoms with Crippen LogP contribution >= 0.6 is 11.6 Å². The fraction of sp³-hybridized carbons (Fsp3) is 0.286. The van der Waals surface area contributed by atoms with E-state index in [9.17, 15) is 0 Å². The number of rotatable bonds is 3. The molecule has 0 unspecified atom stereocenters. The number of hydrogen-bond acceptors (Lipinski definition) is 6. The maximum Gasteiger partial charge on any atom is 0.167 e. The number of halogens is 1. The van der Waals surface area contributed by atoms with Crippen molar-refractivity contribution in [1.29, 1.82) is 0 Å². The summed E-state index contributed by atoms with van der Waals surface area (Å²) in [6.45, 7) is 1.09. The van der Waals surface area contributed by atoms with Crippen LogP contribution in [-0.4, -0.2) is 23.7 Å². The number of nitrogens with one attached hydrogen (secondary N) is 1. The molecular formula is C14H15ClN4O2. The topological polar surface area (TPSA) is 82.3 Å². The molecule has 2 heterocycles. The highest BCUT2D eigenvalue weighted by Gasteiger charge is 2.21. The third-order valence-electron chi connectivity index (χ3n) is 3.38. The first-order valence-corrected chi connectivity index (χ1v) is 6.89. The summed E-state index contributed by atoms with van der Waals surface area (Å²) in [4.78, 5) is 9.06. The van der Waals surface area contributed by atoms with E-state index in [1.165, 1.54) is 0 Å². The molecule has 0 atom stereocenters. The molecule has 0 amide bonds. The lowest BCUT2D eigenvalue weighted by Gasteiger charge is -2.19. The second kappa shape index (κ2) is 5.85. The Bertz CT molecular complexity index is 661. The molecule has 0 bridgehead atoms. The van der Waals surface area contributed by atoms with E-state index in [1.54, 1.807) is 13.2 Å². The number of nitrogens with two attached hydrogens (primary N) is 1. The molecule has 1 aromatic heterocycles. The SMILES string of the molecule is COc1cccc(Cl)c1-c1nc2c(c(NN)n1)COCC2. The highest BCUT2D eigenvalue weighted by molar-refractivity contribution is 6.33. The van der Waals surface area contributed by atoms with Gasteiger partial charge in [0.2, 0.25) is 0 Å². The number of nitrogen functional groups attached to an aromatic ring is 1. The van der Waals surface area contributed by atoms with Crippen molar-refractivity contribution in [2.45, 2.75) is 13.0 Å². The molecule has 3 rings (SSSR count). The van der Waals surface area contributed by atoms with Crippen LogP contribution in [0.25, 0.3) is 11.4 Å². The van der Waals surface area contributed by atoms with Crippen molar-refractivity contribution in [1.82, 2.24) is 9.97 Å². The second-order valence-corrected chi connectivity index (χ2v) is 4.99. The number of hydrazine groups is 1. The predicted molar refractivity (Wildman–Crippen MR) is 80.2 cm³/mol. The van der Waals surface area contributed by atoms with Crippen LogP contribution in [0.15, 0.2) is 18.2 Å². The van der Waals surface area contributed by atoms with Gasteiger partial charge in [0.25, 0.3) is 0 Å². The quantitative estimate of drug-likeness (QED) is 0.668. The second-order valence-electron chi connectivity index (χ2n) is 4.59. The Morgan fingerprint density at radius 1 is 1.38 bits per heavy atom. The van der Waals surface area contributed by atoms with Crippen LogP contribution in [0.1, 0.15) is 11.3 Å². The smallest absolute Gasteiger partial charge is 0.167 e. The minimum Gasteiger partial charge on any atom is -0.496 e. The molecule has 6 nitrogen and oxygen atoms in total. The summed E-state index contributed by atoms with van der Waals surface area (Å²) in [5, 5.41) is 0.532. The van der Waals surface area contributed by atoms with Crippen molar-refractivity contribution in [3.8, 4) is 17.1 Å². The van der Waals surface area contributed by atoms with Crippen LogP contribution in [0.2, 0.25) is 5.02 Å². The molecule has 3 N–H and O–H groups in total. The number of hydrogen-bond donors (Lipinski definition) is 2. The summed E-state index contributed by atoms with van der Waals surface area (Å²) in [6.07, 6.45) is 0.715. The Labute approximate surface area is 127 Å². The number of ether oxygens (including phenoxy) is 2. The fourth-order valence-corrected chi connectivity index (χ4v) is 2.60. The molecule has 7 heteroatoms. The summed E-state index contributed by atoms with van der Waals surface area (Å²) in [5.74, 6) is 7.24. The number of nitrogens with zero attached hydrogens (tertiary/aromatic N) is 2. The van der Waals surface area contributed by atoms with Gasteiger partial charge in [-0.1, -0.05) is 17.7 Å². The van der Waals surface area contributed by atoms with Crippen LogP contribution in [0.5, 0.6) is 5.75 Å². The van der Waals surface area contributed by atoms with Crippen molar-refractivity contribution in [3.63, 3.8) is 0 Å². The number of fused-ring (bicyclic) bond motifs is 1. The van der Waals surface area contributed by atoms with Gasteiger partial charge in [0, 0.05) is 12.0 Å². The number of methoxy groups -OCH3 is 1. The van der Waals surface area contributed by atoms with Crippen LogP contribution in [-0.2, 0) is 17.8 Å². The molecule has 0 fully saturated rings. The summed E-state index contributed by atoms with van der Waals surface area (Å²) in [5.41, 5.74) is 5.07. The van der Waals surface area contributed by atoms with Gasteiger partial charge in [-0.3, -0.25) is 0 Å². The van der Waals surface area contributed by atoms with Crippen LogP contribution in [0, 0.1) is 0 Å². The van der Waals surface area contributed by atoms with Gasteiger partial charge in [0.05, 0.1) is 36.6 Å². The van der Waals surface area contributed by atoms with E-state index in [4.69, 9.17) is 26.9 Å². The molecule has 1 aliphatic heterocycles. The Morgan fingerprint density at radius 3 is 3.00 bits per heavy atom. The summed E-state index contributed by atoms with van der Waals surface area (Å²) in [7, 11) is 1.59. The average Bonchev–Trinajstić information content (AvgIpc) is 2.53. The van der Waals surface area contributed by atoms with E-state index in [0.717, 1.165) is 11.3 Å². The first kappa shape index (κ1) is 14.1. The standard InChI is InChI=1S/C14H15ClN4O2/c1-20-11-4-2-3-9(15)12(11)14-17-10-5-6-21-7-8(10)13(18-14)19-16/h2-4H,5-7,16H2,1H3,(H,17,18,19). The largest absolute Gasteiger partial charge is 0.496 e. The van der Waals surface area contributed by atoms with Crippen molar-refractivity contribution < 1.29 is 9.47 Å². The lowest BCUT2D eigenvalue weighted by Crippen LogP contribution is -2.19.